The van der Waals surface area contributed by atoms with Gasteiger partial charge in [-0.25, -0.2) is 4.98 Å². The van der Waals surface area contributed by atoms with Crippen LogP contribution in [-0.4, -0.2) is 35.9 Å². The van der Waals surface area contributed by atoms with Crippen molar-refractivity contribution in [1.82, 2.24) is 4.98 Å². The molecule has 0 saturated carbocycles. The molecule has 3 rings (SSSR count). The van der Waals surface area contributed by atoms with Gasteiger partial charge in [0.25, 0.3) is 0 Å². The summed E-state index contributed by atoms with van der Waals surface area (Å²) >= 11 is 0. The summed E-state index contributed by atoms with van der Waals surface area (Å²) in [6.07, 6.45) is 3.58. The van der Waals surface area contributed by atoms with Crippen molar-refractivity contribution >= 4 is 29.3 Å². The topological polar surface area (TPSA) is 57.9 Å². The minimum Gasteiger partial charge on any atom is -0.315 e. The summed E-state index contributed by atoms with van der Waals surface area (Å²) in [5, 5.41) is 0. The summed E-state index contributed by atoms with van der Waals surface area (Å²) in [6.45, 7) is 7.05. The van der Waals surface area contributed by atoms with E-state index in [1.807, 2.05) is 55.4 Å². The second-order valence-corrected chi connectivity index (χ2v) is 5.81. The molecule has 1 aromatic heterocycles. The van der Waals surface area contributed by atoms with Gasteiger partial charge in [0.05, 0.1) is 18.6 Å². The molecule has 0 saturated heterocycles. The Morgan fingerprint density at radius 3 is 2.75 bits per heavy atom. The third kappa shape index (κ3) is 3.11. The molecule has 5 nitrogen and oxygen atoms in total. The van der Waals surface area contributed by atoms with Gasteiger partial charge in [0, 0.05) is 29.6 Å². The number of aliphatic imine (C=N–C) groups is 2. The monoisotopic (exact) mass is 320 g/mol. The molecule has 0 unspecified atom stereocenters. The van der Waals surface area contributed by atoms with Gasteiger partial charge in [-0.3, -0.25) is 14.8 Å². The van der Waals surface area contributed by atoms with Crippen molar-refractivity contribution in [3.63, 3.8) is 0 Å². The molecule has 2 aromatic rings. The lowest BCUT2D eigenvalue weighted by Gasteiger charge is -2.17. The van der Waals surface area contributed by atoms with Gasteiger partial charge in [-0.2, -0.15) is 0 Å². The number of carbonyl (C=O) groups is 1. The normalized spacial score (nSPS) is 14.3. The van der Waals surface area contributed by atoms with Crippen molar-refractivity contribution in [1.29, 1.82) is 0 Å². The molecular weight excluding hydrogens is 300 g/mol. The second kappa shape index (κ2) is 6.74. The van der Waals surface area contributed by atoms with E-state index >= 15 is 0 Å². The molecule has 0 N–H and O–H groups in total. The van der Waals surface area contributed by atoms with Gasteiger partial charge in [-0.1, -0.05) is 12.1 Å². The van der Waals surface area contributed by atoms with Crippen LogP contribution in [0.1, 0.15) is 35.3 Å². The molecule has 2 heterocycles. The standard InChI is InChI=1S/C19H20N4O/c1-13-6-4-8-17(18(13)15(3)24)22-14(2)16-7-5-9-21-19(16)23-11-10-20-12-23/h4-9,12H,10-11H2,1-3H3/b22-14+. The third-order valence-electron chi connectivity index (χ3n) is 4.03. The van der Waals surface area contributed by atoms with Gasteiger partial charge in [0.15, 0.2) is 5.78 Å². The summed E-state index contributed by atoms with van der Waals surface area (Å²) in [6, 6.07) is 9.62. The SMILES string of the molecule is CC(=O)c1c(C)cccc1/N=C(\C)c1cccnc1N1C=NCC1. The van der Waals surface area contributed by atoms with Crippen molar-refractivity contribution < 1.29 is 4.79 Å². The zero-order valence-corrected chi connectivity index (χ0v) is 14.2. The number of Topliss-reactive ketones (excluding diaryl/α,β-unsaturated/α-hetero) is 1. The Balaban J connectivity index is 2.06. The fraction of sp³-hybridized carbons (Fsp3) is 0.263. The van der Waals surface area contributed by atoms with Crippen LogP contribution < -0.4 is 4.90 Å². The van der Waals surface area contributed by atoms with Crippen molar-refractivity contribution in [2.45, 2.75) is 20.8 Å². The van der Waals surface area contributed by atoms with Gasteiger partial charge in [0.2, 0.25) is 0 Å². The Kier molecular flexibility index (Phi) is 4.51. The van der Waals surface area contributed by atoms with Crippen LogP contribution in [0.2, 0.25) is 0 Å². The van der Waals surface area contributed by atoms with Crippen LogP contribution in [0.5, 0.6) is 0 Å². The van der Waals surface area contributed by atoms with Crippen molar-refractivity contribution in [3.8, 4) is 0 Å². The lowest BCUT2D eigenvalue weighted by molar-refractivity contribution is 0.101. The molecule has 0 amide bonds. The van der Waals surface area contributed by atoms with E-state index in [4.69, 9.17) is 4.99 Å². The molecule has 5 heteroatoms. The van der Waals surface area contributed by atoms with Crippen molar-refractivity contribution in [2.75, 3.05) is 18.0 Å². The molecule has 0 atom stereocenters. The summed E-state index contributed by atoms with van der Waals surface area (Å²) < 4.78 is 0. The molecule has 1 aromatic carbocycles. The maximum absolute atomic E-state index is 12.0. The first kappa shape index (κ1) is 16.1. The number of rotatable bonds is 4. The first-order chi connectivity index (χ1) is 11.6. The maximum Gasteiger partial charge on any atom is 0.162 e. The van der Waals surface area contributed by atoms with Crippen molar-refractivity contribution in [3.05, 3.63) is 53.2 Å². The molecule has 0 spiro atoms. The first-order valence-corrected chi connectivity index (χ1v) is 7.95. The predicted octanol–water partition coefficient (Wildman–Crippen LogP) is 3.58. The lowest BCUT2D eigenvalue weighted by Crippen LogP contribution is -2.22. The number of ketones is 1. The van der Waals surface area contributed by atoms with Crippen LogP contribution in [0.25, 0.3) is 0 Å². The van der Waals surface area contributed by atoms with E-state index in [2.05, 4.69) is 9.98 Å². The van der Waals surface area contributed by atoms with Crippen LogP contribution in [-0.2, 0) is 0 Å². The van der Waals surface area contributed by atoms with Gasteiger partial charge in [-0.05, 0) is 44.5 Å². The van der Waals surface area contributed by atoms with E-state index in [0.717, 1.165) is 35.7 Å². The first-order valence-electron chi connectivity index (χ1n) is 7.95. The Labute approximate surface area is 141 Å². The molecule has 1 aliphatic rings. The highest BCUT2D eigenvalue weighted by Crippen LogP contribution is 2.26. The zero-order valence-electron chi connectivity index (χ0n) is 14.2. The summed E-state index contributed by atoms with van der Waals surface area (Å²) in [5.74, 6) is 0.870. The van der Waals surface area contributed by atoms with Gasteiger partial charge in [0.1, 0.15) is 5.82 Å². The molecule has 0 bridgehead atoms. The molecule has 0 radical (unpaired) electrons. The molecule has 122 valence electrons. The third-order valence-corrected chi connectivity index (χ3v) is 4.03. The number of hydrogen-bond acceptors (Lipinski definition) is 5. The summed E-state index contributed by atoms with van der Waals surface area (Å²) in [5.41, 5.74) is 4.08. The van der Waals surface area contributed by atoms with E-state index in [1.165, 1.54) is 0 Å². The summed E-state index contributed by atoms with van der Waals surface area (Å²) in [4.78, 5) is 27.5. The van der Waals surface area contributed by atoms with Crippen LogP contribution >= 0.6 is 0 Å². The highest BCUT2D eigenvalue weighted by molar-refractivity contribution is 6.08. The minimum absolute atomic E-state index is 0.0257. The van der Waals surface area contributed by atoms with Crippen LogP contribution in [0.3, 0.4) is 0 Å². The van der Waals surface area contributed by atoms with Gasteiger partial charge >= 0.3 is 0 Å². The Morgan fingerprint density at radius 2 is 2.04 bits per heavy atom. The fourth-order valence-corrected chi connectivity index (χ4v) is 2.89. The average Bonchev–Trinajstić information content (AvgIpc) is 3.09. The number of pyridine rings is 1. The summed E-state index contributed by atoms with van der Waals surface area (Å²) in [7, 11) is 0. The van der Waals surface area contributed by atoms with Gasteiger partial charge < -0.3 is 4.90 Å². The van der Waals surface area contributed by atoms with Crippen LogP contribution in [0.4, 0.5) is 11.5 Å². The second-order valence-electron chi connectivity index (χ2n) is 5.81. The largest absolute Gasteiger partial charge is 0.315 e. The smallest absolute Gasteiger partial charge is 0.162 e. The Hall–Kier alpha value is -2.82. The van der Waals surface area contributed by atoms with Crippen molar-refractivity contribution in [2.24, 2.45) is 9.98 Å². The Bertz CT molecular complexity index is 839. The van der Waals surface area contributed by atoms with E-state index in [1.54, 1.807) is 13.1 Å². The molecular formula is C19H20N4O. The van der Waals surface area contributed by atoms with Gasteiger partial charge in [-0.15, -0.1) is 0 Å². The molecule has 24 heavy (non-hydrogen) atoms. The number of benzene rings is 1. The van der Waals surface area contributed by atoms with E-state index in [9.17, 15) is 4.79 Å². The molecule has 0 aliphatic carbocycles. The number of anilines is 1. The highest BCUT2D eigenvalue weighted by Gasteiger charge is 2.16. The number of aromatic nitrogens is 1. The zero-order chi connectivity index (χ0) is 17.1. The molecule has 0 fully saturated rings. The lowest BCUT2D eigenvalue weighted by atomic mass is 10.0. The number of carbonyl (C=O) groups excluding carboxylic acids is 1. The fourth-order valence-electron chi connectivity index (χ4n) is 2.89. The quantitative estimate of drug-likeness (QED) is 0.639. The number of aryl methyl sites for hydroxylation is 1. The average molecular weight is 320 g/mol. The van der Waals surface area contributed by atoms with E-state index < -0.39 is 0 Å². The minimum atomic E-state index is 0.0257. The van der Waals surface area contributed by atoms with Crippen LogP contribution in [0, 0.1) is 6.92 Å². The Morgan fingerprint density at radius 1 is 1.21 bits per heavy atom. The highest BCUT2D eigenvalue weighted by atomic mass is 16.1. The van der Waals surface area contributed by atoms with Crippen LogP contribution in [0.15, 0.2) is 46.5 Å². The molecule has 1 aliphatic heterocycles. The number of nitrogens with zero attached hydrogens (tertiary/aromatic N) is 4. The number of hydrogen-bond donors (Lipinski definition) is 0. The van der Waals surface area contributed by atoms with E-state index in [-0.39, 0.29) is 5.78 Å². The van der Waals surface area contributed by atoms with E-state index in [0.29, 0.717) is 11.3 Å². The maximum atomic E-state index is 12.0. The predicted molar refractivity (Wildman–Crippen MR) is 98.0 cm³/mol.